The summed E-state index contributed by atoms with van der Waals surface area (Å²) in [7, 11) is 1.80. The van der Waals surface area contributed by atoms with Gasteiger partial charge in [-0.3, -0.25) is 9.59 Å². The van der Waals surface area contributed by atoms with Gasteiger partial charge in [-0.2, -0.15) is 0 Å². The highest BCUT2D eigenvalue weighted by Crippen LogP contribution is 2.27. The van der Waals surface area contributed by atoms with Crippen LogP contribution < -0.4 is 15.5 Å². The van der Waals surface area contributed by atoms with Gasteiger partial charge in [0.2, 0.25) is 0 Å². The number of aryl methyl sites for hydroxylation is 1. The zero-order chi connectivity index (χ0) is 26.6. The summed E-state index contributed by atoms with van der Waals surface area (Å²) in [6.45, 7) is 1.26. The quantitative estimate of drug-likeness (QED) is 0.291. The van der Waals surface area contributed by atoms with Gasteiger partial charge in [-0.15, -0.1) is 0 Å². The number of rotatable bonds is 7. The van der Waals surface area contributed by atoms with E-state index in [0.29, 0.717) is 59.8 Å². The molecule has 1 aromatic heterocycles. The van der Waals surface area contributed by atoms with Gasteiger partial charge in [0.25, 0.3) is 5.91 Å². The zero-order valence-corrected chi connectivity index (χ0v) is 21.0. The van der Waals surface area contributed by atoms with Crippen LogP contribution in [-0.2, 0) is 7.05 Å². The third kappa shape index (κ3) is 5.60. The monoisotopic (exact) mass is 512 g/mol. The van der Waals surface area contributed by atoms with Crippen molar-refractivity contribution in [3.05, 3.63) is 108 Å². The molecule has 5 rings (SSSR count). The predicted octanol–water partition coefficient (Wildman–Crippen LogP) is 5.35. The normalized spacial score (nSPS) is 13.8. The van der Waals surface area contributed by atoms with Gasteiger partial charge in [0.15, 0.2) is 5.78 Å². The van der Waals surface area contributed by atoms with Crippen molar-refractivity contribution in [1.82, 2.24) is 4.57 Å². The van der Waals surface area contributed by atoms with E-state index in [1.807, 2.05) is 11.0 Å². The van der Waals surface area contributed by atoms with Crippen LogP contribution in [0.1, 0.15) is 39.3 Å². The van der Waals surface area contributed by atoms with Crippen molar-refractivity contribution in [1.29, 1.82) is 0 Å². The molecule has 0 radical (unpaired) electrons. The predicted molar refractivity (Wildman–Crippen MR) is 147 cm³/mol. The minimum absolute atomic E-state index is 0.140. The fraction of sp³-hybridized carbons (Fsp3) is 0.200. The number of benzene rings is 3. The first-order valence-corrected chi connectivity index (χ1v) is 12.5. The van der Waals surface area contributed by atoms with Gasteiger partial charge in [-0.05, 0) is 91.7 Å². The Kier molecular flexibility index (Phi) is 7.24. The molecule has 1 fully saturated rings. The lowest BCUT2D eigenvalue weighted by molar-refractivity contribution is 0.101. The number of nitrogens with one attached hydrogen (secondary N) is 2. The van der Waals surface area contributed by atoms with Crippen molar-refractivity contribution in [3.8, 4) is 0 Å². The number of piperidine rings is 1. The Balaban J connectivity index is 1.20. The summed E-state index contributed by atoms with van der Waals surface area (Å²) >= 11 is 0. The first kappa shape index (κ1) is 25.2. The number of amides is 1. The summed E-state index contributed by atoms with van der Waals surface area (Å²) in [5.74, 6) is -0.680. The molecule has 3 N–H and O–H groups in total. The molecule has 0 atom stereocenters. The Bertz CT molecular complexity index is 1440. The third-order valence-corrected chi connectivity index (χ3v) is 6.77. The molecule has 1 amide bonds. The van der Waals surface area contributed by atoms with Gasteiger partial charge in [0, 0.05) is 54.5 Å². The van der Waals surface area contributed by atoms with Gasteiger partial charge in [-0.1, -0.05) is 0 Å². The lowest BCUT2D eigenvalue weighted by atomic mass is 10.0. The summed E-state index contributed by atoms with van der Waals surface area (Å²) in [5.41, 5.74) is 4.04. The first-order chi connectivity index (χ1) is 18.4. The number of hydrogen-bond donors (Lipinski definition) is 3. The molecule has 0 aliphatic carbocycles. The summed E-state index contributed by atoms with van der Waals surface area (Å²) in [4.78, 5) is 27.3. The Morgan fingerprint density at radius 2 is 1.47 bits per heavy atom. The maximum absolute atomic E-state index is 14.8. The van der Waals surface area contributed by atoms with E-state index in [1.54, 1.807) is 84.5 Å². The molecular weight excluding hydrogens is 483 g/mol. The smallest absolute Gasteiger partial charge is 0.272 e. The fourth-order valence-electron chi connectivity index (χ4n) is 4.58. The molecule has 0 bridgehead atoms. The number of aromatic nitrogens is 1. The SMILES string of the molecule is Cn1cccc1C(=O)Nc1ccc(C(=O)c2ccc(Nc3ccc(N4CCC(O)CC4)c(F)c3)cc2)cc1. The van der Waals surface area contributed by atoms with Crippen LogP contribution in [0, 0.1) is 5.82 Å². The lowest BCUT2D eigenvalue weighted by Crippen LogP contribution is -2.36. The molecule has 194 valence electrons. The molecule has 0 saturated carbocycles. The number of carbonyl (C=O) groups excluding carboxylic acids is 2. The topological polar surface area (TPSA) is 86.6 Å². The van der Waals surface area contributed by atoms with Crippen molar-refractivity contribution in [2.24, 2.45) is 7.05 Å². The molecule has 1 aliphatic heterocycles. The summed E-state index contributed by atoms with van der Waals surface area (Å²) in [6.07, 6.45) is 2.77. The van der Waals surface area contributed by atoms with Gasteiger partial charge < -0.3 is 25.2 Å². The molecule has 4 aromatic rings. The molecule has 7 nitrogen and oxygen atoms in total. The molecule has 1 aliphatic rings. The minimum atomic E-state index is -0.318. The largest absolute Gasteiger partial charge is 0.393 e. The van der Waals surface area contributed by atoms with E-state index < -0.39 is 0 Å². The second-order valence-corrected chi connectivity index (χ2v) is 9.45. The van der Waals surface area contributed by atoms with Gasteiger partial charge in [0.05, 0.1) is 11.8 Å². The van der Waals surface area contributed by atoms with Crippen molar-refractivity contribution in [2.45, 2.75) is 18.9 Å². The Hall–Kier alpha value is -4.43. The number of anilines is 4. The van der Waals surface area contributed by atoms with Gasteiger partial charge >= 0.3 is 0 Å². The number of aliphatic hydroxyl groups is 1. The third-order valence-electron chi connectivity index (χ3n) is 6.77. The van der Waals surface area contributed by atoms with Crippen molar-refractivity contribution in [2.75, 3.05) is 28.6 Å². The van der Waals surface area contributed by atoms with E-state index in [-0.39, 0.29) is 23.6 Å². The molecule has 8 heteroatoms. The number of hydrogen-bond acceptors (Lipinski definition) is 5. The minimum Gasteiger partial charge on any atom is -0.393 e. The molecule has 3 aromatic carbocycles. The van der Waals surface area contributed by atoms with E-state index in [2.05, 4.69) is 10.6 Å². The number of ketones is 1. The van der Waals surface area contributed by atoms with Crippen LogP contribution in [0.4, 0.5) is 27.1 Å². The number of carbonyl (C=O) groups is 2. The van der Waals surface area contributed by atoms with Crippen LogP contribution in [0.5, 0.6) is 0 Å². The van der Waals surface area contributed by atoms with E-state index in [0.717, 1.165) is 5.69 Å². The average Bonchev–Trinajstić information content (AvgIpc) is 3.36. The zero-order valence-electron chi connectivity index (χ0n) is 21.0. The highest BCUT2D eigenvalue weighted by atomic mass is 19.1. The van der Waals surface area contributed by atoms with E-state index in [9.17, 15) is 19.1 Å². The van der Waals surface area contributed by atoms with Crippen LogP contribution in [-0.4, -0.2) is 40.6 Å². The van der Waals surface area contributed by atoms with Gasteiger partial charge in [0.1, 0.15) is 11.5 Å². The van der Waals surface area contributed by atoms with Crippen LogP contribution in [0.25, 0.3) is 0 Å². The van der Waals surface area contributed by atoms with Crippen molar-refractivity contribution < 1.29 is 19.1 Å². The molecular formula is C30H29FN4O3. The molecule has 38 heavy (non-hydrogen) atoms. The summed E-state index contributed by atoms with van der Waals surface area (Å²) < 4.78 is 16.5. The van der Waals surface area contributed by atoms with Crippen LogP contribution in [0.3, 0.4) is 0 Å². The van der Waals surface area contributed by atoms with Crippen LogP contribution in [0.15, 0.2) is 85.1 Å². The van der Waals surface area contributed by atoms with Crippen molar-refractivity contribution >= 4 is 34.4 Å². The van der Waals surface area contributed by atoms with E-state index in [1.165, 1.54) is 6.07 Å². The van der Waals surface area contributed by atoms with Crippen LogP contribution in [0.2, 0.25) is 0 Å². The Morgan fingerprint density at radius 3 is 2.05 bits per heavy atom. The molecule has 0 spiro atoms. The van der Waals surface area contributed by atoms with Gasteiger partial charge in [-0.25, -0.2) is 4.39 Å². The fourth-order valence-corrected chi connectivity index (χ4v) is 4.58. The highest BCUT2D eigenvalue weighted by molar-refractivity contribution is 6.09. The Labute approximate surface area is 220 Å². The van der Waals surface area contributed by atoms with E-state index >= 15 is 0 Å². The van der Waals surface area contributed by atoms with Crippen LogP contribution >= 0.6 is 0 Å². The first-order valence-electron chi connectivity index (χ1n) is 12.5. The second-order valence-electron chi connectivity index (χ2n) is 9.45. The number of nitrogens with zero attached hydrogens (tertiary/aromatic N) is 2. The molecule has 1 saturated heterocycles. The summed E-state index contributed by atoms with van der Waals surface area (Å²) in [5, 5.41) is 15.7. The summed E-state index contributed by atoms with van der Waals surface area (Å²) in [6, 6.07) is 22.3. The van der Waals surface area contributed by atoms with E-state index in [4.69, 9.17) is 0 Å². The maximum atomic E-state index is 14.8. The number of aliphatic hydroxyl groups excluding tert-OH is 1. The Morgan fingerprint density at radius 1 is 0.868 bits per heavy atom. The standard InChI is InChI=1S/C30H29FN4O3/c1-34-16-2-3-28(34)30(38)33-23-10-6-21(7-11-23)29(37)20-4-8-22(9-5-20)32-24-12-13-27(26(31)19-24)35-17-14-25(36)15-18-35/h2-13,16,19,25,32,36H,14-15,17-18H2,1H3,(H,33,38). The second kappa shape index (κ2) is 10.9. The molecule has 2 heterocycles. The highest BCUT2D eigenvalue weighted by Gasteiger charge is 2.20. The maximum Gasteiger partial charge on any atom is 0.272 e. The lowest BCUT2D eigenvalue weighted by Gasteiger charge is -2.31. The van der Waals surface area contributed by atoms with Crippen molar-refractivity contribution in [3.63, 3.8) is 0 Å². The average molecular weight is 513 g/mol. The molecule has 0 unspecified atom stereocenters. The number of halogens is 1.